The number of benzene rings is 3. The van der Waals surface area contributed by atoms with E-state index in [-0.39, 0.29) is 0 Å². The molecule has 0 saturated heterocycles. The smallest absolute Gasteiger partial charge is 0.0722 e. The van der Waals surface area contributed by atoms with Crippen molar-refractivity contribution in [1.82, 2.24) is 9.97 Å². The lowest BCUT2D eigenvalue weighted by molar-refractivity contribution is 1.33. The van der Waals surface area contributed by atoms with Crippen LogP contribution in [0.3, 0.4) is 0 Å². The standard InChI is InChI=1S/C24H16N2/c1-2-8-18(9-3-1)23-15-21(19-10-6-14-25-16-19)24-20-11-5-4-7-17(20)12-13-22(24)26-23/h1-16H. The first-order chi connectivity index (χ1) is 12.9. The van der Waals surface area contributed by atoms with Gasteiger partial charge in [0.05, 0.1) is 11.2 Å². The Morgan fingerprint density at radius 2 is 1.46 bits per heavy atom. The second kappa shape index (κ2) is 6.08. The van der Waals surface area contributed by atoms with Gasteiger partial charge in [-0.3, -0.25) is 4.98 Å². The molecule has 3 aromatic carbocycles. The lowest BCUT2D eigenvalue weighted by Crippen LogP contribution is -1.91. The fraction of sp³-hybridized carbons (Fsp3) is 0. The van der Waals surface area contributed by atoms with E-state index in [1.165, 1.54) is 21.7 Å². The van der Waals surface area contributed by atoms with Gasteiger partial charge < -0.3 is 0 Å². The summed E-state index contributed by atoms with van der Waals surface area (Å²) in [4.78, 5) is 9.29. The van der Waals surface area contributed by atoms with Gasteiger partial charge >= 0.3 is 0 Å². The molecule has 0 spiro atoms. The van der Waals surface area contributed by atoms with Gasteiger partial charge in [0.25, 0.3) is 0 Å². The highest BCUT2D eigenvalue weighted by molar-refractivity contribution is 6.13. The van der Waals surface area contributed by atoms with Crippen molar-refractivity contribution < 1.29 is 0 Å². The molecule has 5 rings (SSSR count). The molecule has 0 unspecified atom stereocenters. The Hall–Kier alpha value is -3.52. The molecule has 2 heteroatoms. The Morgan fingerprint density at radius 1 is 0.654 bits per heavy atom. The Morgan fingerprint density at radius 3 is 2.31 bits per heavy atom. The molecule has 2 heterocycles. The average molecular weight is 332 g/mol. The molecule has 2 nitrogen and oxygen atoms in total. The lowest BCUT2D eigenvalue weighted by Gasteiger charge is -2.12. The first-order valence-corrected chi connectivity index (χ1v) is 8.68. The molecule has 0 bridgehead atoms. The number of fused-ring (bicyclic) bond motifs is 3. The van der Waals surface area contributed by atoms with Gasteiger partial charge in [0.15, 0.2) is 0 Å². The summed E-state index contributed by atoms with van der Waals surface area (Å²) in [5.74, 6) is 0. The van der Waals surface area contributed by atoms with Crippen LogP contribution in [0.4, 0.5) is 0 Å². The van der Waals surface area contributed by atoms with Crippen LogP contribution in [0.1, 0.15) is 0 Å². The van der Waals surface area contributed by atoms with Gasteiger partial charge in [-0.1, -0.05) is 66.7 Å². The van der Waals surface area contributed by atoms with Crippen molar-refractivity contribution in [3.8, 4) is 22.4 Å². The van der Waals surface area contributed by atoms with E-state index in [4.69, 9.17) is 4.98 Å². The number of aromatic nitrogens is 2. The number of nitrogens with zero attached hydrogens (tertiary/aromatic N) is 2. The molecule has 26 heavy (non-hydrogen) atoms. The third-order valence-electron chi connectivity index (χ3n) is 4.74. The third-order valence-corrected chi connectivity index (χ3v) is 4.74. The van der Waals surface area contributed by atoms with E-state index >= 15 is 0 Å². The van der Waals surface area contributed by atoms with Crippen molar-refractivity contribution in [2.24, 2.45) is 0 Å². The van der Waals surface area contributed by atoms with Crippen molar-refractivity contribution in [3.05, 3.63) is 97.3 Å². The monoisotopic (exact) mass is 332 g/mol. The van der Waals surface area contributed by atoms with Crippen LogP contribution < -0.4 is 0 Å². The van der Waals surface area contributed by atoms with E-state index < -0.39 is 0 Å². The maximum atomic E-state index is 4.96. The SMILES string of the molecule is c1ccc(-c2cc(-c3cccnc3)c3c(ccc4ccccc43)n2)cc1. The topological polar surface area (TPSA) is 25.8 Å². The van der Waals surface area contributed by atoms with E-state index in [1.807, 2.05) is 36.7 Å². The first kappa shape index (κ1) is 14.8. The molecule has 5 aromatic rings. The van der Waals surface area contributed by atoms with Crippen molar-refractivity contribution >= 4 is 21.7 Å². The van der Waals surface area contributed by atoms with Crippen LogP contribution in [-0.2, 0) is 0 Å². The van der Waals surface area contributed by atoms with Crippen LogP contribution in [0.25, 0.3) is 44.1 Å². The fourth-order valence-corrected chi connectivity index (χ4v) is 3.51. The maximum absolute atomic E-state index is 4.96. The largest absolute Gasteiger partial charge is 0.264 e. The maximum Gasteiger partial charge on any atom is 0.0722 e. The Labute approximate surface area is 151 Å². The summed E-state index contributed by atoms with van der Waals surface area (Å²) in [5, 5.41) is 3.62. The van der Waals surface area contributed by atoms with E-state index in [9.17, 15) is 0 Å². The van der Waals surface area contributed by atoms with E-state index in [0.717, 1.165) is 22.3 Å². The molecule has 0 aliphatic heterocycles. The highest BCUT2D eigenvalue weighted by Crippen LogP contribution is 2.36. The number of hydrogen-bond acceptors (Lipinski definition) is 2. The Bertz CT molecular complexity index is 1210. The summed E-state index contributed by atoms with van der Waals surface area (Å²) in [7, 11) is 0. The zero-order chi connectivity index (χ0) is 17.3. The van der Waals surface area contributed by atoms with Crippen molar-refractivity contribution in [1.29, 1.82) is 0 Å². The van der Waals surface area contributed by atoms with Crippen LogP contribution in [0.15, 0.2) is 97.3 Å². The predicted molar refractivity (Wildman–Crippen MR) is 108 cm³/mol. The number of rotatable bonds is 2. The quantitative estimate of drug-likeness (QED) is 0.364. The first-order valence-electron chi connectivity index (χ1n) is 8.68. The van der Waals surface area contributed by atoms with Crippen molar-refractivity contribution in [2.45, 2.75) is 0 Å². The minimum absolute atomic E-state index is 0.979. The van der Waals surface area contributed by atoms with Crippen LogP contribution >= 0.6 is 0 Å². The molecule has 0 radical (unpaired) electrons. The normalized spacial score (nSPS) is 11.1. The van der Waals surface area contributed by atoms with Gasteiger partial charge in [0, 0.05) is 28.9 Å². The lowest BCUT2D eigenvalue weighted by atomic mass is 9.95. The summed E-state index contributed by atoms with van der Waals surface area (Å²) in [6, 6.07) is 29.3. The zero-order valence-corrected chi connectivity index (χ0v) is 14.1. The van der Waals surface area contributed by atoms with Gasteiger partial charge in [-0.25, -0.2) is 4.98 Å². The summed E-state index contributed by atoms with van der Waals surface area (Å²) in [6.45, 7) is 0. The molecule has 0 N–H and O–H groups in total. The average Bonchev–Trinajstić information content (AvgIpc) is 2.74. The second-order valence-electron chi connectivity index (χ2n) is 6.34. The molecule has 0 atom stereocenters. The summed E-state index contributed by atoms with van der Waals surface area (Å²) >= 11 is 0. The third kappa shape index (κ3) is 2.44. The van der Waals surface area contributed by atoms with Crippen LogP contribution in [-0.4, -0.2) is 9.97 Å². The second-order valence-corrected chi connectivity index (χ2v) is 6.34. The van der Waals surface area contributed by atoms with Crippen LogP contribution in [0, 0.1) is 0 Å². The summed E-state index contributed by atoms with van der Waals surface area (Å²) in [5.41, 5.74) is 5.37. The molecule has 0 saturated carbocycles. The van der Waals surface area contributed by atoms with Crippen LogP contribution in [0.2, 0.25) is 0 Å². The number of pyridine rings is 2. The van der Waals surface area contributed by atoms with Gasteiger partial charge in [-0.2, -0.15) is 0 Å². The molecule has 0 aliphatic carbocycles. The van der Waals surface area contributed by atoms with Crippen LogP contribution in [0.5, 0.6) is 0 Å². The molecule has 0 fully saturated rings. The van der Waals surface area contributed by atoms with Crippen molar-refractivity contribution in [2.75, 3.05) is 0 Å². The molecular weight excluding hydrogens is 316 g/mol. The minimum Gasteiger partial charge on any atom is -0.264 e. The molecule has 0 amide bonds. The van der Waals surface area contributed by atoms with Crippen molar-refractivity contribution in [3.63, 3.8) is 0 Å². The highest BCUT2D eigenvalue weighted by Gasteiger charge is 2.12. The zero-order valence-electron chi connectivity index (χ0n) is 14.1. The summed E-state index contributed by atoms with van der Waals surface area (Å²) < 4.78 is 0. The van der Waals surface area contributed by atoms with Gasteiger partial charge in [-0.05, 0) is 34.5 Å². The minimum atomic E-state index is 0.979. The predicted octanol–water partition coefficient (Wildman–Crippen LogP) is 6.12. The number of hydrogen-bond donors (Lipinski definition) is 0. The van der Waals surface area contributed by atoms with E-state index in [0.29, 0.717) is 0 Å². The summed E-state index contributed by atoms with van der Waals surface area (Å²) in [6.07, 6.45) is 3.73. The highest BCUT2D eigenvalue weighted by atomic mass is 14.7. The molecule has 0 aliphatic rings. The molecule has 2 aromatic heterocycles. The van der Waals surface area contributed by atoms with Gasteiger partial charge in [0.2, 0.25) is 0 Å². The Kier molecular flexibility index (Phi) is 3.46. The Balaban J connectivity index is 1.92. The van der Waals surface area contributed by atoms with E-state index in [1.54, 1.807) is 0 Å². The molecular formula is C24H16N2. The fourth-order valence-electron chi connectivity index (χ4n) is 3.51. The molecule has 122 valence electrons. The van der Waals surface area contributed by atoms with E-state index in [2.05, 4.69) is 65.6 Å². The van der Waals surface area contributed by atoms with Gasteiger partial charge in [-0.15, -0.1) is 0 Å². The van der Waals surface area contributed by atoms with Gasteiger partial charge in [0.1, 0.15) is 0 Å².